The van der Waals surface area contributed by atoms with Crippen LogP contribution in [0.15, 0.2) is 24.3 Å². The Morgan fingerprint density at radius 3 is 2.11 bits per heavy atom. The second-order valence-corrected chi connectivity index (χ2v) is 5.61. The van der Waals surface area contributed by atoms with Crippen LogP contribution in [0.4, 0.5) is 0 Å². The number of methoxy groups -OCH3 is 1. The van der Waals surface area contributed by atoms with Gasteiger partial charge in [0.05, 0.1) is 13.5 Å². The van der Waals surface area contributed by atoms with Crippen LogP contribution < -0.4 is 0 Å². The molecule has 1 aromatic rings. The highest BCUT2D eigenvalue weighted by Crippen LogP contribution is 2.15. The van der Waals surface area contributed by atoms with Crippen LogP contribution in [-0.2, 0) is 22.4 Å². The molecular weight excluding hydrogens is 248 g/mol. The van der Waals surface area contributed by atoms with E-state index in [2.05, 4.69) is 42.8 Å². The molecule has 1 atom stereocenters. The molecule has 0 fully saturated rings. The predicted molar refractivity (Wildman–Crippen MR) is 75.0 cm³/mol. The Bertz CT molecular complexity index is 371. The van der Waals surface area contributed by atoms with Crippen LogP contribution in [0.3, 0.4) is 0 Å². The Hall–Kier alpha value is -1.02. The second kappa shape index (κ2) is 7.42. The zero-order valence-electron chi connectivity index (χ0n) is 11.3. The lowest BCUT2D eigenvalue weighted by molar-refractivity contribution is -0.140. The molecule has 0 aliphatic carbocycles. The number of esters is 1. The normalized spacial score (nSPS) is 12.5. The molecule has 0 saturated heterocycles. The number of carbonyl (C=O) groups is 1. The van der Waals surface area contributed by atoms with Crippen molar-refractivity contribution in [2.75, 3.05) is 7.11 Å². The zero-order chi connectivity index (χ0) is 13.5. The van der Waals surface area contributed by atoms with Gasteiger partial charge >= 0.3 is 5.97 Å². The van der Waals surface area contributed by atoms with Gasteiger partial charge in [0.1, 0.15) is 0 Å². The first-order valence-corrected chi connectivity index (χ1v) is 6.73. The van der Waals surface area contributed by atoms with E-state index in [9.17, 15) is 4.79 Å². The Labute approximate surface area is 114 Å². The third-order valence-corrected chi connectivity index (χ3v) is 3.05. The van der Waals surface area contributed by atoms with Crippen molar-refractivity contribution in [3.63, 3.8) is 0 Å². The van der Waals surface area contributed by atoms with Crippen molar-refractivity contribution in [1.82, 2.24) is 0 Å². The number of hydrogen-bond acceptors (Lipinski definition) is 2. The van der Waals surface area contributed by atoms with Gasteiger partial charge in [-0.2, -0.15) is 0 Å². The van der Waals surface area contributed by atoms with E-state index in [0.29, 0.717) is 12.3 Å². The van der Waals surface area contributed by atoms with Gasteiger partial charge in [-0.3, -0.25) is 4.79 Å². The van der Waals surface area contributed by atoms with E-state index in [4.69, 9.17) is 11.6 Å². The molecule has 0 aliphatic heterocycles. The third-order valence-electron chi connectivity index (χ3n) is 2.74. The van der Waals surface area contributed by atoms with Crippen molar-refractivity contribution in [2.45, 2.75) is 38.5 Å². The van der Waals surface area contributed by atoms with Crippen LogP contribution >= 0.6 is 11.6 Å². The van der Waals surface area contributed by atoms with Crippen molar-refractivity contribution in [2.24, 2.45) is 5.92 Å². The lowest BCUT2D eigenvalue weighted by atomic mass is 10.00. The first kappa shape index (κ1) is 15.0. The summed E-state index contributed by atoms with van der Waals surface area (Å²) in [5, 5.41) is -0.201. The van der Waals surface area contributed by atoms with Gasteiger partial charge in [0.2, 0.25) is 0 Å². The highest BCUT2D eigenvalue weighted by atomic mass is 35.5. The fourth-order valence-corrected chi connectivity index (χ4v) is 2.18. The predicted octanol–water partition coefficient (Wildman–Crippen LogP) is 3.60. The van der Waals surface area contributed by atoms with Gasteiger partial charge in [-0.05, 0) is 29.9 Å². The maximum atomic E-state index is 11.1. The number of ether oxygens (including phenoxy) is 1. The number of halogens is 1. The molecule has 100 valence electrons. The quantitative estimate of drug-likeness (QED) is 0.582. The molecule has 0 aromatic heterocycles. The molecule has 0 amide bonds. The van der Waals surface area contributed by atoms with Gasteiger partial charge in [0.15, 0.2) is 0 Å². The number of rotatable bonds is 6. The highest BCUT2D eigenvalue weighted by molar-refractivity contribution is 6.21. The Morgan fingerprint density at radius 2 is 1.67 bits per heavy atom. The fourth-order valence-electron chi connectivity index (χ4n) is 1.87. The molecule has 0 radical (unpaired) electrons. The average molecular weight is 269 g/mol. The maximum absolute atomic E-state index is 11.1. The summed E-state index contributed by atoms with van der Waals surface area (Å²) in [5.41, 5.74) is 2.50. The van der Waals surface area contributed by atoms with E-state index in [1.165, 1.54) is 12.7 Å². The van der Waals surface area contributed by atoms with Gasteiger partial charge in [-0.15, -0.1) is 11.6 Å². The molecule has 0 heterocycles. The zero-order valence-corrected chi connectivity index (χ0v) is 12.0. The van der Waals surface area contributed by atoms with Gasteiger partial charge < -0.3 is 4.74 Å². The highest BCUT2D eigenvalue weighted by Gasteiger charge is 2.12. The minimum Gasteiger partial charge on any atom is -0.469 e. The van der Waals surface area contributed by atoms with Crippen LogP contribution in [0, 0.1) is 5.92 Å². The number of hydrogen-bond donors (Lipinski definition) is 0. The van der Waals surface area contributed by atoms with Crippen LogP contribution in [0.5, 0.6) is 0 Å². The first-order chi connectivity index (χ1) is 8.51. The van der Waals surface area contributed by atoms with E-state index in [1.54, 1.807) is 0 Å². The van der Waals surface area contributed by atoms with E-state index in [-0.39, 0.29) is 17.8 Å². The number of carbonyl (C=O) groups excluding carboxylic acids is 1. The fraction of sp³-hybridized carbons (Fsp3) is 0.533. The molecule has 0 spiro atoms. The van der Waals surface area contributed by atoms with Crippen LogP contribution in [0.2, 0.25) is 0 Å². The molecule has 1 unspecified atom stereocenters. The van der Waals surface area contributed by atoms with Crippen LogP contribution in [-0.4, -0.2) is 18.5 Å². The van der Waals surface area contributed by atoms with Crippen molar-refractivity contribution in [1.29, 1.82) is 0 Å². The largest absolute Gasteiger partial charge is 0.469 e. The summed E-state index contributed by atoms with van der Waals surface area (Å²) in [4.78, 5) is 11.1. The minimum atomic E-state index is -0.258. The second-order valence-electron chi connectivity index (χ2n) is 5.00. The molecule has 1 aromatic carbocycles. The lowest BCUT2D eigenvalue weighted by Crippen LogP contribution is -2.12. The number of alkyl halides is 1. The monoisotopic (exact) mass is 268 g/mol. The summed E-state index contributed by atoms with van der Waals surface area (Å²) in [6.07, 6.45) is 2.04. The van der Waals surface area contributed by atoms with Crippen LogP contribution in [0.1, 0.15) is 31.4 Å². The van der Waals surface area contributed by atoms with Gasteiger partial charge in [-0.25, -0.2) is 0 Å². The van der Waals surface area contributed by atoms with Crippen molar-refractivity contribution in [3.8, 4) is 0 Å². The third kappa shape index (κ3) is 5.54. The Morgan fingerprint density at radius 1 is 1.17 bits per heavy atom. The first-order valence-electron chi connectivity index (χ1n) is 6.30. The standard InChI is InChI=1S/C15H21ClO2/c1-11(2)8-12-4-6-13(7-5-12)9-14(16)10-15(17)18-3/h4-7,11,14H,8-10H2,1-3H3. The van der Waals surface area contributed by atoms with Gasteiger partial charge in [0, 0.05) is 5.38 Å². The van der Waals surface area contributed by atoms with Crippen LogP contribution in [0.25, 0.3) is 0 Å². The molecule has 2 nitrogen and oxygen atoms in total. The van der Waals surface area contributed by atoms with E-state index in [1.807, 2.05) is 0 Å². The Balaban J connectivity index is 2.50. The van der Waals surface area contributed by atoms with Gasteiger partial charge in [0.25, 0.3) is 0 Å². The summed E-state index contributed by atoms with van der Waals surface area (Å²) in [7, 11) is 1.38. The SMILES string of the molecule is COC(=O)CC(Cl)Cc1ccc(CC(C)C)cc1. The summed E-state index contributed by atoms with van der Waals surface area (Å²) in [6, 6.07) is 8.45. The maximum Gasteiger partial charge on any atom is 0.307 e. The van der Waals surface area contributed by atoms with Gasteiger partial charge in [-0.1, -0.05) is 38.1 Å². The summed E-state index contributed by atoms with van der Waals surface area (Å²) in [6.45, 7) is 4.41. The van der Waals surface area contributed by atoms with Crippen molar-refractivity contribution in [3.05, 3.63) is 35.4 Å². The molecule has 1 rings (SSSR count). The molecular formula is C15H21ClO2. The lowest BCUT2D eigenvalue weighted by Gasteiger charge is -2.09. The molecule has 0 aliphatic rings. The molecule has 0 N–H and O–H groups in total. The summed E-state index contributed by atoms with van der Waals surface area (Å²) < 4.78 is 4.60. The molecule has 0 saturated carbocycles. The summed E-state index contributed by atoms with van der Waals surface area (Å²) in [5.74, 6) is 0.405. The minimum absolute atomic E-state index is 0.201. The average Bonchev–Trinajstić information content (AvgIpc) is 2.30. The van der Waals surface area contributed by atoms with Crippen molar-refractivity contribution >= 4 is 17.6 Å². The molecule has 18 heavy (non-hydrogen) atoms. The Kier molecular flexibility index (Phi) is 6.20. The topological polar surface area (TPSA) is 26.3 Å². The van der Waals surface area contributed by atoms with E-state index < -0.39 is 0 Å². The van der Waals surface area contributed by atoms with E-state index >= 15 is 0 Å². The van der Waals surface area contributed by atoms with E-state index in [0.717, 1.165) is 12.0 Å². The number of benzene rings is 1. The smallest absolute Gasteiger partial charge is 0.307 e. The molecule has 0 bridgehead atoms. The summed E-state index contributed by atoms with van der Waals surface area (Å²) >= 11 is 6.11. The van der Waals surface area contributed by atoms with Crippen molar-refractivity contribution < 1.29 is 9.53 Å². The molecule has 3 heteroatoms.